The van der Waals surface area contributed by atoms with Crippen molar-refractivity contribution in [3.63, 3.8) is 0 Å². The Balaban J connectivity index is 1.27. The number of ether oxygens (including phenoxy) is 1. The lowest BCUT2D eigenvalue weighted by atomic mass is 10.1. The molecule has 2 aromatic heterocycles. The molecule has 0 radical (unpaired) electrons. The molecule has 0 saturated heterocycles. The highest BCUT2D eigenvalue weighted by Gasteiger charge is 2.27. The molecule has 13 heteroatoms. The van der Waals surface area contributed by atoms with Gasteiger partial charge in [0.2, 0.25) is 0 Å². The molecular formula is C24H22N4O7S2. The standard InChI is InChI=1S/C24H22N4O7S2/c29-19(9-13(21(31)32)11-36-23-25-15-5-1-2-6-16(15)26-23)35-20(30)10-14(22(33)34)12-37-24-27-17-7-3-4-8-18(17)28-24/h1-8,13-14H,9-12H2,(H,25,26)(H,27,28)(H,31,32)(H,33,34). The highest BCUT2D eigenvalue weighted by Crippen LogP contribution is 2.25. The Hall–Kier alpha value is -3.84. The molecule has 2 aromatic carbocycles. The van der Waals surface area contributed by atoms with Crippen LogP contribution in [0.25, 0.3) is 22.1 Å². The Bertz CT molecular complexity index is 1280. The minimum Gasteiger partial charge on any atom is -0.481 e. The molecule has 0 spiro atoms. The number of thioether (sulfide) groups is 2. The number of aromatic nitrogens is 4. The Morgan fingerprint density at radius 1 is 0.730 bits per heavy atom. The SMILES string of the molecule is O=C(CC(CSc1nc2ccccc2[nH]1)C(=O)O)OC(=O)CC(CSc1nc2ccccc2[nH]1)C(=O)O. The first-order chi connectivity index (χ1) is 17.8. The molecule has 2 heterocycles. The summed E-state index contributed by atoms with van der Waals surface area (Å²) in [6, 6.07) is 14.6. The summed E-state index contributed by atoms with van der Waals surface area (Å²) in [5.74, 6) is -6.73. The van der Waals surface area contributed by atoms with Gasteiger partial charge in [0, 0.05) is 11.5 Å². The van der Waals surface area contributed by atoms with Crippen LogP contribution in [-0.4, -0.2) is 65.5 Å². The second-order valence-electron chi connectivity index (χ2n) is 8.06. The molecule has 0 saturated carbocycles. The lowest BCUT2D eigenvalue weighted by Crippen LogP contribution is -2.26. The Labute approximate surface area is 218 Å². The zero-order valence-electron chi connectivity index (χ0n) is 19.2. The van der Waals surface area contributed by atoms with E-state index in [1.54, 1.807) is 0 Å². The number of carboxylic acid groups (broad SMARTS) is 2. The number of carbonyl (C=O) groups is 4. The van der Waals surface area contributed by atoms with Gasteiger partial charge in [-0.1, -0.05) is 47.8 Å². The molecule has 192 valence electrons. The number of benzene rings is 2. The summed E-state index contributed by atoms with van der Waals surface area (Å²) in [6.07, 6.45) is -1.08. The van der Waals surface area contributed by atoms with Crippen LogP contribution in [0.4, 0.5) is 0 Å². The summed E-state index contributed by atoms with van der Waals surface area (Å²) in [5, 5.41) is 20.0. The van der Waals surface area contributed by atoms with E-state index >= 15 is 0 Å². The average molecular weight is 543 g/mol. The number of imidazole rings is 2. The minimum absolute atomic E-state index is 0.0182. The third-order valence-electron chi connectivity index (χ3n) is 5.33. The molecule has 4 aromatic rings. The molecular weight excluding hydrogens is 520 g/mol. The molecule has 0 aliphatic carbocycles. The van der Waals surface area contributed by atoms with Gasteiger partial charge in [-0.3, -0.25) is 19.2 Å². The van der Waals surface area contributed by atoms with Crippen LogP contribution < -0.4 is 0 Å². The summed E-state index contributed by atoms with van der Waals surface area (Å²) in [6.45, 7) is 0. The number of hydrogen-bond donors (Lipinski definition) is 4. The van der Waals surface area contributed by atoms with E-state index < -0.39 is 48.6 Å². The molecule has 0 bridgehead atoms. The number of carbonyl (C=O) groups excluding carboxylic acids is 2. The van der Waals surface area contributed by atoms with Gasteiger partial charge < -0.3 is 24.9 Å². The molecule has 0 aliphatic rings. The molecule has 4 N–H and O–H groups in total. The second kappa shape index (κ2) is 11.9. The summed E-state index contributed by atoms with van der Waals surface area (Å²) in [7, 11) is 0. The van der Waals surface area contributed by atoms with Gasteiger partial charge >= 0.3 is 23.9 Å². The van der Waals surface area contributed by atoms with Crippen LogP contribution in [0.2, 0.25) is 0 Å². The largest absolute Gasteiger partial charge is 0.481 e. The first-order valence-electron chi connectivity index (χ1n) is 11.1. The lowest BCUT2D eigenvalue weighted by Gasteiger charge is -2.12. The van der Waals surface area contributed by atoms with Crippen molar-refractivity contribution >= 4 is 69.5 Å². The molecule has 11 nitrogen and oxygen atoms in total. The van der Waals surface area contributed by atoms with Crippen LogP contribution >= 0.6 is 23.5 Å². The maximum Gasteiger partial charge on any atom is 0.314 e. The van der Waals surface area contributed by atoms with Crippen molar-refractivity contribution < 1.29 is 34.1 Å². The summed E-state index contributed by atoms with van der Waals surface area (Å²) >= 11 is 2.27. The highest BCUT2D eigenvalue weighted by molar-refractivity contribution is 7.99. The highest BCUT2D eigenvalue weighted by atomic mass is 32.2. The van der Waals surface area contributed by atoms with E-state index in [2.05, 4.69) is 19.9 Å². The van der Waals surface area contributed by atoms with Crippen LogP contribution in [-0.2, 0) is 23.9 Å². The number of esters is 2. The fourth-order valence-electron chi connectivity index (χ4n) is 3.40. The van der Waals surface area contributed by atoms with Gasteiger partial charge in [-0.25, -0.2) is 9.97 Å². The number of fused-ring (bicyclic) bond motifs is 2. The van der Waals surface area contributed by atoms with Crippen molar-refractivity contribution in [2.24, 2.45) is 11.8 Å². The number of hydrogen-bond acceptors (Lipinski definition) is 9. The maximum absolute atomic E-state index is 12.2. The monoisotopic (exact) mass is 542 g/mol. The first kappa shape index (κ1) is 26.2. The van der Waals surface area contributed by atoms with Crippen LogP contribution in [0.15, 0.2) is 58.8 Å². The van der Waals surface area contributed by atoms with Crippen molar-refractivity contribution in [2.75, 3.05) is 11.5 Å². The topological polar surface area (TPSA) is 175 Å². The Morgan fingerprint density at radius 3 is 1.51 bits per heavy atom. The number of nitrogens with zero attached hydrogens (tertiary/aromatic N) is 2. The van der Waals surface area contributed by atoms with Crippen molar-refractivity contribution in [2.45, 2.75) is 23.2 Å². The lowest BCUT2D eigenvalue weighted by molar-refractivity contribution is -0.164. The zero-order valence-corrected chi connectivity index (χ0v) is 20.9. The van der Waals surface area contributed by atoms with E-state index in [0.29, 0.717) is 10.3 Å². The quantitative estimate of drug-likeness (QED) is 0.117. The van der Waals surface area contributed by atoms with E-state index in [-0.39, 0.29) is 11.5 Å². The second-order valence-corrected chi connectivity index (χ2v) is 10.1. The maximum atomic E-state index is 12.2. The average Bonchev–Trinajstić information content (AvgIpc) is 3.47. The summed E-state index contributed by atoms with van der Waals surface area (Å²) < 4.78 is 4.74. The van der Waals surface area contributed by atoms with Gasteiger partial charge in [-0.05, 0) is 24.3 Å². The van der Waals surface area contributed by atoms with Gasteiger partial charge in [0.15, 0.2) is 10.3 Å². The van der Waals surface area contributed by atoms with E-state index in [4.69, 9.17) is 4.74 Å². The van der Waals surface area contributed by atoms with Crippen LogP contribution in [0, 0.1) is 11.8 Å². The van der Waals surface area contributed by atoms with Gasteiger partial charge in [0.25, 0.3) is 0 Å². The fraction of sp³-hybridized carbons (Fsp3) is 0.250. The number of aliphatic carboxylic acids is 2. The van der Waals surface area contributed by atoms with E-state index in [9.17, 15) is 29.4 Å². The predicted molar refractivity (Wildman–Crippen MR) is 136 cm³/mol. The molecule has 4 rings (SSSR count). The zero-order chi connectivity index (χ0) is 26.4. The van der Waals surface area contributed by atoms with Gasteiger partial charge in [0.1, 0.15) is 0 Å². The number of aromatic amines is 2. The van der Waals surface area contributed by atoms with Gasteiger partial charge in [-0.2, -0.15) is 0 Å². The van der Waals surface area contributed by atoms with Crippen LogP contribution in [0.1, 0.15) is 12.8 Å². The number of para-hydroxylation sites is 4. The normalized spacial score (nSPS) is 12.9. The third-order valence-corrected chi connectivity index (χ3v) is 7.40. The van der Waals surface area contributed by atoms with E-state index in [0.717, 1.165) is 45.6 Å². The van der Waals surface area contributed by atoms with Crippen molar-refractivity contribution in [3.8, 4) is 0 Å². The molecule has 0 amide bonds. The molecule has 2 unspecified atom stereocenters. The predicted octanol–water partition coefficient (Wildman–Crippen LogP) is 3.58. The van der Waals surface area contributed by atoms with Gasteiger partial charge in [0.05, 0.1) is 46.7 Å². The molecule has 0 aliphatic heterocycles. The summed E-state index contributed by atoms with van der Waals surface area (Å²) in [4.78, 5) is 62.6. The Kier molecular flexibility index (Phi) is 8.46. The Morgan fingerprint density at radius 2 is 1.14 bits per heavy atom. The van der Waals surface area contributed by atoms with E-state index in [1.165, 1.54) is 0 Å². The van der Waals surface area contributed by atoms with Gasteiger partial charge in [-0.15, -0.1) is 0 Å². The molecule has 2 atom stereocenters. The van der Waals surface area contributed by atoms with E-state index in [1.807, 2.05) is 48.5 Å². The smallest absolute Gasteiger partial charge is 0.314 e. The number of rotatable bonds is 12. The number of carboxylic acids is 2. The van der Waals surface area contributed by atoms with Crippen molar-refractivity contribution in [1.29, 1.82) is 0 Å². The molecule has 37 heavy (non-hydrogen) atoms. The van der Waals surface area contributed by atoms with Crippen LogP contribution in [0.5, 0.6) is 0 Å². The van der Waals surface area contributed by atoms with Crippen molar-refractivity contribution in [3.05, 3.63) is 48.5 Å². The number of nitrogens with one attached hydrogen (secondary N) is 2. The van der Waals surface area contributed by atoms with Crippen molar-refractivity contribution in [1.82, 2.24) is 19.9 Å². The number of H-pyrrole nitrogens is 2. The van der Waals surface area contributed by atoms with Crippen LogP contribution in [0.3, 0.4) is 0 Å². The first-order valence-corrected chi connectivity index (χ1v) is 13.1. The minimum atomic E-state index is -1.22. The molecule has 0 fully saturated rings. The summed E-state index contributed by atoms with van der Waals surface area (Å²) in [5.41, 5.74) is 3.06. The third kappa shape index (κ3) is 7.11. The fourth-order valence-corrected chi connectivity index (χ4v) is 5.33.